The number of hydrogen-bond donors (Lipinski definition) is 2. The van der Waals surface area contributed by atoms with Gasteiger partial charge in [0.2, 0.25) is 0 Å². The number of ether oxygens (including phenoxy) is 1. The van der Waals surface area contributed by atoms with Gasteiger partial charge in [0, 0.05) is 10.6 Å². The first-order chi connectivity index (χ1) is 9.40. The van der Waals surface area contributed by atoms with Crippen molar-refractivity contribution in [3.63, 3.8) is 0 Å². The molecule has 0 aliphatic heterocycles. The van der Waals surface area contributed by atoms with Gasteiger partial charge in [0.25, 0.3) is 0 Å². The van der Waals surface area contributed by atoms with E-state index in [2.05, 4.69) is 5.32 Å². The number of carbonyl (C=O) groups excluding carboxylic acids is 1. The molecule has 0 saturated carbocycles. The molecule has 4 nitrogen and oxygen atoms in total. The molecule has 1 rings (SSSR count). The number of benzene rings is 1. The van der Waals surface area contributed by atoms with Crippen LogP contribution < -0.4 is 5.32 Å². The first-order valence-electron chi connectivity index (χ1n) is 5.94. The van der Waals surface area contributed by atoms with E-state index < -0.39 is 29.5 Å². The van der Waals surface area contributed by atoms with Crippen molar-refractivity contribution in [2.24, 2.45) is 0 Å². The van der Waals surface area contributed by atoms with Crippen molar-refractivity contribution in [3.8, 4) is 0 Å². The number of rotatable bonds is 2. The Kier molecular flexibility index (Phi) is 5.11. The van der Waals surface area contributed by atoms with Crippen molar-refractivity contribution in [2.75, 3.05) is 5.32 Å². The van der Waals surface area contributed by atoms with Gasteiger partial charge in [0.15, 0.2) is 6.10 Å². The Morgan fingerprint density at radius 1 is 1.33 bits per heavy atom. The second-order valence-corrected chi connectivity index (χ2v) is 5.74. The second kappa shape index (κ2) is 6.11. The van der Waals surface area contributed by atoms with E-state index in [1.807, 2.05) is 0 Å². The van der Waals surface area contributed by atoms with E-state index in [0.29, 0.717) is 0 Å². The van der Waals surface area contributed by atoms with Crippen LogP contribution in [0.5, 0.6) is 0 Å². The molecule has 0 saturated heterocycles. The highest BCUT2D eigenvalue weighted by Crippen LogP contribution is 2.37. The molecule has 0 spiro atoms. The van der Waals surface area contributed by atoms with Crippen LogP contribution in [0.15, 0.2) is 18.2 Å². The van der Waals surface area contributed by atoms with Crippen LogP contribution in [0.25, 0.3) is 0 Å². The normalized spacial score (nSPS) is 13.7. The number of hydrogen-bond acceptors (Lipinski definition) is 3. The molecule has 1 atom stereocenters. The third kappa shape index (κ3) is 5.43. The fourth-order valence-corrected chi connectivity index (χ4v) is 1.64. The van der Waals surface area contributed by atoms with Gasteiger partial charge >= 0.3 is 12.3 Å². The number of alkyl halides is 3. The van der Waals surface area contributed by atoms with Crippen molar-refractivity contribution >= 4 is 23.4 Å². The zero-order valence-electron chi connectivity index (χ0n) is 11.6. The monoisotopic (exact) mass is 325 g/mol. The molecule has 2 N–H and O–H groups in total. The number of nitrogens with one attached hydrogen (secondary N) is 1. The van der Waals surface area contributed by atoms with Crippen LogP contribution in [0.2, 0.25) is 5.02 Å². The van der Waals surface area contributed by atoms with E-state index in [1.165, 1.54) is 6.07 Å². The van der Waals surface area contributed by atoms with Crippen molar-refractivity contribution in [2.45, 2.75) is 38.7 Å². The van der Waals surface area contributed by atoms with Gasteiger partial charge in [-0.2, -0.15) is 13.2 Å². The van der Waals surface area contributed by atoms with Gasteiger partial charge in [-0.25, -0.2) is 4.79 Å². The summed E-state index contributed by atoms with van der Waals surface area (Å²) < 4.78 is 42.8. The van der Waals surface area contributed by atoms with Crippen molar-refractivity contribution in [1.29, 1.82) is 0 Å². The van der Waals surface area contributed by atoms with E-state index in [9.17, 15) is 23.1 Å². The molecule has 1 unspecified atom stereocenters. The quantitative estimate of drug-likeness (QED) is 0.853. The molecule has 118 valence electrons. The van der Waals surface area contributed by atoms with E-state index in [0.717, 1.165) is 12.1 Å². The highest BCUT2D eigenvalue weighted by molar-refractivity contribution is 6.30. The molecule has 8 heteroatoms. The second-order valence-electron chi connectivity index (χ2n) is 5.30. The van der Waals surface area contributed by atoms with Crippen LogP contribution in [0.4, 0.5) is 23.7 Å². The Morgan fingerprint density at radius 3 is 2.38 bits per heavy atom. The average Bonchev–Trinajstić information content (AvgIpc) is 2.26. The predicted octanol–water partition coefficient (Wildman–Crippen LogP) is 4.28. The van der Waals surface area contributed by atoms with Crippen LogP contribution in [0, 0.1) is 0 Å². The summed E-state index contributed by atoms with van der Waals surface area (Å²) in [4.78, 5) is 11.6. The minimum absolute atomic E-state index is 0.00281. The van der Waals surface area contributed by atoms with Gasteiger partial charge in [-0.1, -0.05) is 11.6 Å². The van der Waals surface area contributed by atoms with E-state index in [1.54, 1.807) is 20.8 Å². The molecule has 0 aliphatic rings. The minimum Gasteiger partial charge on any atom is -0.444 e. The molecular weight excluding hydrogens is 311 g/mol. The van der Waals surface area contributed by atoms with Gasteiger partial charge < -0.3 is 9.84 Å². The number of amides is 1. The zero-order valence-corrected chi connectivity index (χ0v) is 12.3. The minimum atomic E-state index is -4.88. The first kappa shape index (κ1) is 17.6. The summed E-state index contributed by atoms with van der Waals surface area (Å²) in [6, 6.07) is 3.39. The molecule has 1 amide bonds. The molecule has 21 heavy (non-hydrogen) atoms. The van der Waals surface area contributed by atoms with Gasteiger partial charge in [-0.05, 0) is 39.0 Å². The van der Waals surface area contributed by atoms with Crippen molar-refractivity contribution < 1.29 is 27.8 Å². The molecule has 0 heterocycles. The zero-order chi connectivity index (χ0) is 16.4. The maximum atomic E-state index is 12.6. The maximum absolute atomic E-state index is 12.6. The van der Waals surface area contributed by atoms with Crippen LogP contribution in [0.3, 0.4) is 0 Å². The molecule has 0 radical (unpaired) electrons. The summed E-state index contributed by atoms with van der Waals surface area (Å²) in [5.41, 5.74) is -1.58. The number of aliphatic hydroxyl groups is 1. The molecule has 1 aromatic carbocycles. The lowest BCUT2D eigenvalue weighted by Gasteiger charge is -2.22. The molecule has 0 aromatic heterocycles. The molecule has 0 bridgehead atoms. The van der Waals surface area contributed by atoms with Crippen LogP contribution >= 0.6 is 11.6 Å². The van der Waals surface area contributed by atoms with Crippen LogP contribution in [-0.4, -0.2) is 23.0 Å². The SMILES string of the molecule is CC(C)(C)OC(=O)Nc1ccc(Cl)cc1C(O)C(F)(F)F. The summed E-state index contributed by atoms with van der Waals surface area (Å²) in [6.45, 7) is 4.83. The summed E-state index contributed by atoms with van der Waals surface area (Å²) in [6.07, 6.45) is -8.57. The lowest BCUT2D eigenvalue weighted by molar-refractivity contribution is -0.206. The Labute approximate surface area is 124 Å². The Morgan fingerprint density at radius 2 is 1.90 bits per heavy atom. The van der Waals surface area contributed by atoms with Crippen LogP contribution in [-0.2, 0) is 4.74 Å². The summed E-state index contributed by atoms with van der Waals surface area (Å²) in [5, 5.41) is 11.5. The fourth-order valence-electron chi connectivity index (χ4n) is 1.46. The van der Waals surface area contributed by atoms with Crippen molar-refractivity contribution in [1.82, 2.24) is 0 Å². The highest BCUT2D eigenvalue weighted by Gasteiger charge is 2.41. The highest BCUT2D eigenvalue weighted by atomic mass is 35.5. The Balaban J connectivity index is 3.05. The average molecular weight is 326 g/mol. The number of halogens is 4. The maximum Gasteiger partial charge on any atom is 0.418 e. The molecule has 1 aromatic rings. The number of anilines is 1. The number of carbonyl (C=O) groups is 1. The van der Waals surface area contributed by atoms with Crippen molar-refractivity contribution in [3.05, 3.63) is 28.8 Å². The summed E-state index contributed by atoms with van der Waals surface area (Å²) in [5.74, 6) is 0. The predicted molar refractivity (Wildman–Crippen MR) is 72.3 cm³/mol. The molecule has 0 fully saturated rings. The van der Waals surface area contributed by atoms with E-state index >= 15 is 0 Å². The Hall–Kier alpha value is -1.47. The van der Waals surface area contributed by atoms with Gasteiger partial charge in [0.1, 0.15) is 5.60 Å². The molecule has 0 aliphatic carbocycles. The lowest BCUT2D eigenvalue weighted by Crippen LogP contribution is -2.28. The topological polar surface area (TPSA) is 58.6 Å². The fraction of sp³-hybridized carbons (Fsp3) is 0.462. The standard InChI is InChI=1S/C13H15ClF3NO3/c1-12(2,3)21-11(20)18-9-5-4-7(14)6-8(9)10(19)13(15,16)17/h4-6,10,19H,1-3H3,(H,18,20). The van der Waals surface area contributed by atoms with Gasteiger partial charge in [0.05, 0.1) is 5.69 Å². The van der Waals surface area contributed by atoms with E-state index in [-0.39, 0.29) is 10.7 Å². The van der Waals surface area contributed by atoms with Crippen LogP contribution in [0.1, 0.15) is 32.4 Å². The summed E-state index contributed by atoms with van der Waals surface area (Å²) in [7, 11) is 0. The number of aliphatic hydroxyl groups excluding tert-OH is 1. The van der Waals surface area contributed by atoms with Gasteiger partial charge in [-0.3, -0.25) is 5.32 Å². The first-order valence-corrected chi connectivity index (χ1v) is 6.32. The Bertz CT molecular complexity index is 526. The third-order valence-electron chi connectivity index (χ3n) is 2.25. The summed E-state index contributed by atoms with van der Waals surface area (Å²) >= 11 is 5.63. The lowest BCUT2D eigenvalue weighted by atomic mass is 10.1. The largest absolute Gasteiger partial charge is 0.444 e. The third-order valence-corrected chi connectivity index (χ3v) is 2.49. The van der Waals surface area contributed by atoms with Gasteiger partial charge in [-0.15, -0.1) is 0 Å². The smallest absolute Gasteiger partial charge is 0.418 e. The van der Waals surface area contributed by atoms with E-state index in [4.69, 9.17) is 16.3 Å². The molecular formula is C13H15ClF3NO3.